The van der Waals surface area contributed by atoms with E-state index >= 15 is 0 Å². The van der Waals surface area contributed by atoms with E-state index in [1.807, 2.05) is 0 Å². The standard InChI is InChI=1S/C20H26N4O5S/c1-20(14-8-9-14)18(26)24(19(27)22-20)13-17(25)21-15-6-5-7-16(12-15)30(28,29)23-10-3-2-4-11-23/h5-7,12,14H,2-4,8-11,13H2,1H3,(H,21,25)(H,22,27)/t20-/m1/s1. The average Bonchev–Trinajstić information content (AvgIpc) is 3.55. The van der Waals surface area contributed by atoms with Gasteiger partial charge in [-0.1, -0.05) is 12.5 Å². The molecule has 0 radical (unpaired) electrons. The average molecular weight is 435 g/mol. The number of nitrogens with zero attached hydrogens (tertiary/aromatic N) is 2. The molecular weight excluding hydrogens is 408 g/mol. The molecule has 1 aromatic rings. The lowest BCUT2D eigenvalue weighted by atomic mass is 9.96. The van der Waals surface area contributed by atoms with Crippen molar-refractivity contribution in [3.05, 3.63) is 24.3 Å². The number of amides is 4. The second-order valence-electron chi connectivity index (χ2n) is 8.34. The van der Waals surface area contributed by atoms with Crippen LogP contribution in [0.4, 0.5) is 10.5 Å². The number of rotatable bonds is 6. The van der Waals surface area contributed by atoms with Crippen LogP contribution in [0.5, 0.6) is 0 Å². The molecule has 30 heavy (non-hydrogen) atoms. The lowest BCUT2D eigenvalue weighted by Gasteiger charge is -2.26. The van der Waals surface area contributed by atoms with Crippen molar-refractivity contribution < 1.29 is 22.8 Å². The zero-order valence-electron chi connectivity index (χ0n) is 16.9. The van der Waals surface area contributed by atoms with Crippen molar-refractivity contribution in [2.45, 2.75) is 49.5 Å². The number of hydrogen-bond donors (Lipinski definition) is 2. The second-order valence-corrected chi connectivity index (χ2v) is 10.3. The Labute approximate surface area is 175 Å². The summed E-state index contributed by atoms with van der Waals surface area (Å²) < 4.78 is 27.1. The molecule has 1 aliphatic carbocycles. The van der Waals surface area contributed by atoms with Crippen LogP contribution in [0.2, 0.25) is 0 Å². The SMILES string of the molecule is C[C@]1(C2CC2)NC(=O)N(CC(=O)Nc2cccc(S(=O)(=O)N3CCCCC3)c2)C1=O. The van der Waals surface area contributed by atoms with Gasteiger partial charge < -0.3 is 10.6 Å². The second kappa shape index (κ2) is 7.66. The van der Waals surface area contributed by atoms with E-state index in [9.17, 15) is 22.8 Å². The van der Waals surface area contributed by atoms with Crippen molar-refractivity contribution in [3.63, 3.8) is 0 Å². The van der Waals surface area contributed by atoms with Crippen molar-refractivity contribution >= 4 is 33.6 Å². The van der Waals surface area contributed by atoms with Gasteiger partial charge in [-0.2, -0.15) is 4.31 Å². The number of sulfonamides is 1. The van der Waals surface area contributed by atoms with Gasteiger partial charge in [0.2, 0.25) is 15.9 Å². The molecule has 3 aliphatic rings. The van der Waals surface area contributed by atoms with Crippen LogP contribution in [0.1, 0.15) is 39.0 Å². The van der Waals surface area contributed by atoms with Gasteiger partial charge in [0.1, 0.15) is 12.1 Å². The first-order valence-corrected chi connectivity index (χ1v) is 11.7. The van der Waals surface area contributed by atoms with Crippen molar-refractivity contribution in [3.8, 4) is 0 Å². The van der Waals surface area contributed by atoms with Gasteiger partial charge in [0, 0.05) is 18.8 Å². The number of nitrogens with one attached hydrogen (secondary N) is 2. The van der Waals surface area contributed by atoms with Crippen molar-refractivity contribution in [1.29, 1.82) is 0 Å². The van der Waals surface area contributed by atoms with Gasteiger partial charge in [-0.05, 0) is 56.7 Å². The topological polar surface area (TPSA) is 116 Å². The molecule has 4 rings (SSSR count). The Hall–Kier alpha value is -2.46. The predicted octanol–water partition coefficient (Wildman–Crippen LogP) is 1.52. The number of hydrogen-bond acceptors (Lipinski definition) is 5. The highest BCUT2D eigenvalue weighted by atomic mass is 32.2. The largest absolute Gasteiger partial charge is 0.325 e. The van der Waals surface area contributed by atoms with Crippen LogP contribution in [0.3, 0.4) is 0 Å². The molecule has 2 N–H and O–H groups in total. The Morgan fingerprint density at radius 1 is 1.20 bits per heavy atom. The fourth-order valence-corrected chi connectivity index (χ4v) is 5.69. The summed E-state index contributed by atoms with van der Waals surface area (Å²) in [7, 11) is -3.62. The highest BCUT2D eigenvalue weighted by molar-refractivity contribution is 7.89. The van der Waals surface area contributed by atoms with Crippen LogP contribution in [-0.4, -0.2) is 60.6 Å². The van der Waals surface area contributed by atoms with Gasteiger partial charge in [-0.3, -0.25) is 14.5 Å². The molecule has 10 heteroatoms. The van der Waals surface area contributed by atoms with Gasteiger partial charge >= 0.3 is 6.03 Å². The first-order valence-electron chi connectivity index (χ1n) is 10.3. The molecule has 0 aromatic heterocycles. The molecule has 162 valence electrons. The number of urea groups is 1. The molecule has 9 nitrogen and oxygen atoms in total. The molecule has 0 unspecified atom stereocenters. The normalized spacial score (nSPS) is 25.3. The van der Waals surface area contributed by atoms with E-state index < -0.39 is 40.0 Å². The third-order valence-corrected chi connectivity index (χ3v) is 7.96. The predicted molar refractivity (Wildman–Crippen MR) is 109 cm³/mol. The number of benzene rings is 1. The number of carbonyl (C=O) groups is 3. The van der Waals surface area contributed by atoms with E-state index in [2.05, 4.69) is 10.6 Å². The highest BCUT2D eigenvalue weighted by Gasteiger charge is 2.56. The fourth-order valence-electron chi connectivity index (χ4n) is 4.13. The van der Waals surface area contributed by atoms with Gasteiger partial charge in [-0.15, -0.1) is 0 Å². The van der Waals surface area contributed by atoms with Crippen LogP contribution in [0, 0.1) is 5.92 Å². The minimum absolute atomic E-state index is 0.110. The summed E-state index contributed by atoms with van der Waals surface area (Å²) in [5.74, 6) is -0.851. The van der Waals surface area contributed by atoms with E-state index in [4.69, 9.17) is 0 Å². The zero-order valence-corrected chi connectivity index (χ0v) is 17.7. The Morgan fingerprint density at radius 3 is 2.57 bits per heavy atom. The zero-order chi connectivity index (χ0) is 21.5. The Balaban J connectivity index is 1.43. The fraction of sp³-hybridized carbons (Fsp3) is 0.550. The van der Waals surface area contributed by atoms with Crippen LogP contribution in [0.15, 0.2) is 29.2 Å². The molecule has 0 bridgehead atoms. The molecular formula is C20H26N4O5S. The number of imide groups is 1. The lowest BCUT2D eigenvalue weighted by Crippen LogP contribution is -2.46. The summed E-state index contributed by atoms with van der Waals surface area (Å²) in [4.78, 5) is 38.4. The van der Waals surface area contributed by atoms with Crippen LogP contribution in [0.25, 0.3) is 0 Å². The van der Waals surface area contributed by atoms with E-state index in [-0.39, 0.29) is 10.8 Å². The molecule has 2 saturated heterocycles. The molecule has 2 heterocycles. The molecule has 3 fully saturated rings. The smallest absolute Gasteiger partial charge is 0.324 e. The molecule has 1 aromatic carbocycles. The van der Waals surface area contributed by atoms with Crippen LogP contribution >= 0.6 is 0 Å². The summed E-state index contributed by atoms with van der Waals surface area (Å²) in [5.41, 5.74) is -0.644. The molecule has 2 aliphatic heterocycles. The monoisotopic (exact) mass is 434 g/mol. The number of piperidine rings is 1. The Morgan fingerprint density at radius 2 is 1.90 bits per heavy atom. The Kier molecular flexibility index (Phi) is 5.31. The lowest BCUT2D eigenvalue weighted by molar-refractivity contribution is -0.134. The number of carbonyl (C=O) groups excluding carboxylic acids is 3. The molecule has 1 saturated carbocycles. The van der Waals surface area contributed by atoms with Crippen LogP contribution in [-0.2, 0) is 19.6 Å². The van der Waals surface area contributed by atoms with Gasteiger partial charge in [0.15, 0.2) is 0 Å². The number of anilines is 1. The van der Waals surface area contributed by atoms with E-state index in [1.165, 1.54) is 16.4 Å². The van der Waals surface area contributed by atoms with E-state index in [0.717, 1.165) is 37.0 Å². The first kappa shape index (κ1) is 20.8. The van der Waals surface area contributed by atoms with E-state index in [1.54, 1.807) is 19.1 Å². The van der Waals surface area contributed by atoms with Gasteiger partial charge in [-0.25, -0.2) is 13.2 Å². The summed E-state index contributed by atoms with van der Waals surface area (Å²) in [6.45, 7) is 2.25. The minimum Gasteiger partial charge on any atom is -0.324 e. The van der Waals surface area contributed by atoms with Gasteiger partial charge in [0.25, 0.3) is 5.91 Å². The van der Waals surface area contributed by atoms with Crippen molar-refractivity contribution in [2.24, 2.45) is 5.92 Å². The summed E-state index contributed by atoms with van der Waals surface area (Å²) in [6.07, 6.45) is 4.44. The Bertz CT molecular complexity index is 985. The maximum absolute atomic E-state index is 12.8. The molecule has 0 spiro atoms. The molecule has 4 amide bonds. The quantitative estimate of drug-likeness (QED) is 0.659. The van der Waals surface area contributed by atoms with E-state index in [0.29, 0.717) is 18.8 Å². The minimum atomic E-state index is -3.62. The highest BCUT2D eigenvalue weighted by Crippen LogP contribution is 2.42. The van der Waals surface area contributed by atoms with Crippen molar-refractivity contribution in [2.75, 3.05) is 25.0 Å². The summed E-state index contributed by atoms with van der Waals surface area (Å²) in [6, 6.07) is 5.46. The van der Waals surface area contributed by atoms with Crippen molar-refractivity contribution in [1.82, 2.24) is 14.5 Å². The summed E-state index contributed by atoms with van der Waals surface area (Å²) in [5, 5.41) is 5.30. The maximum atomic E-state index is 12.8. The summed E-state index contributed by atoms with van der Waals surface area (Å²) >= 11 is 0. The molecule has 1 atom stereocenters. The maximum Gasteiger partial charge on any atom is 0.325 e. The first-order chi connectivity index (χ1) is 14.2. The third-order valence-electron chi connectivity index (χ3n) is 6.07. The van der Waals surface area contributed by atoms with Gasteiger partial charge in [0.05, 0.1) is 4.90 Å². The van der Waals surface area contributed by atoms with Crippen LogP contribution < -0.4 is 10.6 Å². The third kappa shape index (κ3) is 3.81.